The Labute approximate surface area is 203 Å². The molecule has 182 valence electrons. The van der Waals surface area contributed by atoms with Gasteiger partial charge in [-0.1, -0.05) is 0 Å². The van der Waals surface area contributed by atoms with E-state index in [0.717, 1.165) is 74.0 Å². The molecule has 10 nitrogen and oxygen atoms in total. The van der Waals surface area contributed by atoms with E-state index in [1.165, 1.54) is 10.4 Å². The largest absolute Gasteiger partial charge is 0.392 e. The van der Waals surface area contributed by atoms with E-state index in [2.05, 4.69) is 31.6 Å². The topological polar surface area (TPSA) is 117 Å². The first-order valence-electron chi connectivity index (χ1n) is 11.8. The minimum absolute atomic E-state index is 0.237. The van der Waals surface area contributed by atoms with Crippen LogP contribution < -0.4 is 10.6 Å². The summed E-state index contributed by atoms with van der Waals surface area (Å²) >= 11 is 1.80. The summed E-state index contributed by atoms with van der Waals surface area (Å²) in [4.78, 5) is 26.6. The van der Waals surface area contributed by atoms with Crippen LogP contribution >= 0.6 is 11.3 Å². The highest BCUT2D eigenvalue weighted by Crippen LogP contribution is 2.38. The van der Waals surface area contributed by atoms with Crippen molar-refractivity contribution in [2.75, 3.05) is 69.7 Å². The molecule has 3 aromatic rings. The number of anilines is 2. The number of aliphatic hydroxyl groups excluding tert-OH is 1. The van der Waals surface area contributed by atoms with Crippen LogP contribution in [0.3, 0.4) is 0 Å². The van der Waals surface area contributed by atoms with E-state index in [0.29, 0.717) is 19.0 Å². The van der Waals surface area contributed by atoms with Crippen LogP contribution in [-0.2, 0) is 11.3 Å². The van der Waals surface area contributed by atoms with Crippen molar-refractivity contribution >= 4 is 33.3 Å². The molecule has 3 N–H and O–H groups in total. The number of nitrogens with zero attached hydrogens (tertiary/aromatic N) is 7. The second kappa shape index (κ2) is 10.0. The summed E-state index contributed by atoms with van der Waals surface area (Å²) in [5.74, 6) is 1.81. The van der Waals surface area contributed by atoms with Gasteiger partial charge in [0.25, 0.3) is 0 Å². The van der Waals surface area contributed by atoms with Gasteiger partial charge < -0.3 is 20.5 Å². The summed E-state index contributed by atoms with van der Waals surface area (Å²) < 4.78 is 6.71. The fourth-order valence-corrected chi connectivity index (χ4v) is 5.85. The molecule has 0 saturated carbocycles. The summed E-state index contributed by atoms with van der Waals surface area (Å²) in [5, 5.41) is 9.68. The molecule has 2 saturated heterocycles. The number of morpholine rings is 1. The lowest BCUT2D eigenvalue weighted by molar-refractivity contribution is 0.0784. The predicted octanol–water partition coefficient (Wildman–Crippen LogP) is 1.37. The Kier molecular flexibility index (Phi) is 6.89. The zero-order chi connectivity index (χ0) is 23.7. The van der Waals surface area contributed by atoms with Crippen LogP contribution in [0.4, 0.5) is 11.8 Å². The molecular formula is C23H32N8O2S. The molecule has 0 unspecified atom stereocenters. The monoisotopic (exact) mass is 484 g/mol. The van der Waals surface area contributed by atoms with E-state index in [9.17, 15) is 5.11 Å². The normalized spacial score (nSPS) is 19.1. The fourth-order valence-electron chi connectivity index (χ4n) is 4.55. The van der Waals surface area contributed by atoms with Crippen molar-refractivity contribution in [2.45, 2.75) is 26.5 Å². The Morgan fingerprint density at radius 1 is 1.06 bits per heavy atom. The number of aromatic nitrogens is 4. The van der Waals surface area contributed by atoms with Gasteiger partial charge in [-0.2, -0.15) is 0 Å². The van der Waals surface area contributed by atoms with Gasteiger partial charge in [0.15, 0.2) is 11.6 Å². The van der Waals surface area contributed by atoms with Crippen molar-refractivity contribution in [2.24, 2.45) is 0 Å². The number of aryl methyl sites for hydroxylation is 1. The zero-order valence-corrected chi connectivity index (χ0v) is 20.6. The van der Waals surface area contributed by atoms with Gasteiger partial charge >= 0.3 is 0 Å². The summed E-state index contributed by atoms with van der Waals surface area (Å²) in [6, 6.07) is 0. The molecule has 5 heterocycles. The SMILES string of the molecule is Cc1c(CN2CCN(C[C@H](C)O)CC2)sc2c(N3CCOCC3)nc(-c3cnc(N)nc3)nc12. The van der Waals surface area contributed by atoms with Gasteiger partial charge in [0.05, 0.1) is 35.1 Å². The lowest BCUT2D eigenvalue weighted by Gasteiger charge is -2.35. The van der Waals surface area contributed by atoms with E-state index in [4.69, 9.17) is 20.4 Å². The second-order valence-corrected chi connectivity index (χ2v) is 10.2. The van der Waals surface area contributed by atoms with E-state index in [1.54, 1.807) is 23.7 Å². The molecule has 0 amide bonds. The molecular weight excluding hydrogens is 452 g/mol. The van der Waals surface area contributed by atoms with Crippen molar-refractivity contribution in [3.8, 4) is 11.4 Å². The van der Waals surface area contributed by atoms with Gasteiger partial charge in [-0.25, -0.2) is 19.9 Å². The highest BCUT2D eigenvalue weighted by Gasteiger charge is 2.24. The van der Waals surface area contributed by atoms with E-state index < -0.39 is 0 Å². The number of hydrogen-bond donors (Lipinski definition) is 2. The molecule has 5 rings (SSSR count). The Morgan fingerprint density at radius 2 is 1.74 bits per heavy atom. The lowest BCUT2D eigenvalue weighted by Crippen LogP contribution is -2.47. The number of hydrogen-bond acceptors (Lipinski definition) is 11. The number of β-amino-alcohol motifs (C(OH)–C–C–N with tert-alkyl or cyclic N) is 1. The molecule has 2 aliphatic rings. The Bertz CT molecular complexity index is 1120. The number of rotatable bonds is 6. The Hall–Kier alpha value is -2.44. The van der Waals surface area contributed by atoms with Crippen molar-refractivity contribution in [3.05, 3.63) is 22.8 Å². The van der Waals surface area contributed by atoms with Crippen LogP contribution in [0, 0.1) is 6.92 Å². The number of nitrogens with two attached hydrogens (primary N) is 1. The molecule has 0 aliphatic carbocycles. The molecule has 0 radical (unpaired) electrons. The Morgan fingerprint density at radius 3 is 2.41 bits per heavy atom. The van der Waals surface area contributed by atoms with Crippen molar-refractivity contribution in [3.63, 3.8) is 0 Å². The number of nitrogen functional groups attached to an aromatic ring is 1. The zero-order valence-electron chi connectivity index (χ0n) is 19.8. The van der Waals surface area contributed by atoms with Crippen LogP contribution in [0.1, 0.15) is 17.4 Å². The van der Waals surface area contributed by atoms with Gasteiger partial charge in [-0.3, -0.25) is 9.80 Å². The van der Waals surface area contributed by atoms with Crippen LogP contribution in [0.5, 0.6) is 0 Å². The van der Waals surface area contributed by atoms with Crippen molar-refractivity contribution in [1.82, 2.24) is 29.7 Å². The standard InChI is InChI=1S/C23H32N8O2S/c1-15(32)13-29-3-5-30(6-4-29)14-18-16(2)19-20(34-18)22(31-7-9-33-10-8-31)28-21(27-19)17-11-25-23(24)26-12-17/h11-12,15,32H,3-10,13-14H2,1-2H3,(H2,24,25,26)/t15-/m0/s1. The first-order chi connectivity index (χ1) is 16.5. The second-order valence-electron chi connectivity index (χ2n) is 9.05. The third kappa shape index (κ3) is 4.98. The summed E-state index contributed by atoms with van der Waals surface area (Å²) in [5.41, 5.74) is 8.65. The molecule has 2 fully saturated rings. The summed E-state index contributed by atoms with van der Waals surface area (Å²) in [7, 11) is 0. The molecule has 2 aliphatic heterocycles. The summed E-state index contributed by atoms with van der Waals surface area (Å²) in [6.45, 7) is 12.6. The number of aliphatic hydroxyl groups is 1. The van der Waals surface area contributed by atoms with Gasteiger partial charge in [-0.15, -0.1) is 11.3 Å². The molecule has 34 heavy (non-hydrogen) atoms. The molecule has 3 aromatic heterocycles. The van der Waals surface area contributed by atoms with E-state index in [-0.39, 0.29) is 12.1 Å². The molecule has 0 aromatic carbocycles. The average Bonchev–Trinajstić information content (AvgIpc) is 3.15. The molecule has 1 atom stereocenters. The van der Waals surface area contributed by atoms with Crippen molar-refractivity contribution < 1.29 is 9.84 Å². The van der Waals surface area contributed by atoms with Crippen LogP contribution in [0.2, 0.25) is 0 Å². The van der Waals surface area contributed by atoms with E-state index in [1.807, 2.05) is 6.92 Å². The first kappa shape index (κ1) is 23.3. The molecule has 11 heteroatoms. The maximum absolute atomic E-state index is 9.68. The number of ether oxygens (including phenoxy) is 1. The minimum atomic E-state index is -0.283. The van der Waals surface area contributed by atoms with Gasteiger partial charge in [-0.05, 0) is 19.4 Å². The quantitative estimate of drug-likeness (QED) is 0.531. The fraction of sp³-hybridized carbons (Fsp3) is 0.565. The van der Waals surface area contributed by atoms with Crippen LogP contribution in [-0.4, -0.2) is 100.0 Å². The van der Waals surface area contributed by atoms with Crippen molar-refractivity contribution in [1.29, 1.82) is 0 Å². The smallest absolute Gasteiger partial charge is 0.219 e. The Balaban J connectivity index is 1.46. The predicted molar refractivity (Wildman–Crippen MR) is 134 cm³/mol. The number of thiophene rings is 1. The van der Waals surface area contributed by atoms with Gasteiger partial charge in [0, 0.05) is 69.6 Å². The summed E-state index contributed by atoms with van der Waals surface area (Å²) in [6.07, 6.45) is 3.08. The number of fused-ring (bicyclic) bond motifs is 1. The maximum atomic E-state index is 9.68. The average molecular weight is 485 g/mol. The van der Waals surface area contributed by atoms with Crippen LogP contribution in [0.25, 0.3) is 21.6 Å². The lowest BCUT2D eigenvalue weighted by atomic mass is 10.2. The number of piperazine rings is 1. The highest BCUT2D eigenvalue weighted by molar-refractivity contribution is 7.19. The minimum Gasteiger partial charge on any atom is -0.392 e. The third-order valence-corrected chi connectivity index (χ3v) is 7.70. The maximum Gasteiger partial charge on any atom is 0.219 e. The van der Waals surface area contributed by atoms with Gasteiger partial charge in [0.2, 0.25) is 5.95 Å². The third-order valence-electron chi connectivity index (χ3n) is 6.44. The van der Waals surface area contributed by atoms with Crippen LogP contribution in [0.15, 0.2) is 12.4 Å². The first-order valence-corrected chi connectivity index (χ1v) is 12.6. The highest BCUT2D eigenvalue weighted by atomic mass is 32.1. The van der Waals surface area contributed by atoms with E-state index >= 15 is 0 Å². The molecule has 0 spiro atoms. The van der Waals surface area contributed by atoms with Gasteiger partial charge in [0.1, 0.15) is 0 Å². The molecule has 0 bridgehead atoms.